The Bertz CT molecular complexity index is 124. The van der Waals surface area contributed by atoms with Crippen LogP contribution < -0.4 is 0 Å². The number of rotatable bonds is 6. The maximum atomic E-state index is 2.43. The van der Waals surface area contributed by atoms with Gasteiger partial charge >= 0.3 is 0 Å². The topological polar surface area (TPSA) is 0 Å². The van der Waals surface area contributed by atoms with Crippen LogP contribution >= 0.6 is 0 Å². The van der Waals surface area contributed by atoms with Gasteiger partial charge in [0.25, 0.3) is 0 Å². The molecule has 2 unspecified atom stereocenters. The lowest BCUT2D eigenvalue weighted by molar-refractivity contribution is 0.146. The first kappa shape index (κ1) is 13.0. The van der Waals surface area contributed by atoms with E-state index in [0.29, 0.717) is 5.41 Å². The van der Waals surface area contributed by atoms with E-state index in [1.54, 1.807) is 0 Å². The van der Waals surface area contributed by atoms with Gasteiger partial charge in [0.2, 0.25) is 0 Å². The summed E-state index contributed by atoms with van der Waals surface area (Å²) in [5.41, 5.74) is 0.533. The van der Waals surface area contributed by atoms with Gasteiger partial charge < -0.3 is 0 Å². The van der Waals surface area contributed by atoms with E-state index in [4.69, 9.17) is 0 Å². The molecule has 0 aromatic rings. The highest BCUT2D eigenvalue weighted by atomic mass is 14.3. The molecule has 0 N–H and O–H groups in total. The molecule has 0 aromatic carbocycles. The Balaban J connectivity index is 4.09. The Morgan fingerprint density at radius 3 is 2.00 bits per heavy atom. The van der Waals surface area contributed by atoms with Gasteiger partial charge in [-0.05, 0) is 23.7 Å². The van der Waals surface area contributed by atoms with Crippen molar-refractivity contribution >= 4 is 0 Å². The quantitative estimate of drug-likeness (QED) is 0.551. The van der Waals surface area contributed by atoms with Crippen molar-refractivity contribution in [1.29, 1.82) is 0 Å². The lowest BCUT2D eigenvalue weighted by Gasteiger charge is -2.35. The summed E-state index contributed by atoms with van der Waals surface area (Å²) in [5, 5.41) is 0. The normalized spacial score (nSPS) is 17.1. The molecule has 0 radical (unpaired) electrons. The number of hydrogen-bond donors (Lipinski definition) is 0. The van der Waals surface area contributed by atoms with Crippen LogP contribution in [-0.2, 0) is 0 Å². The number of unbranched alkanes of at least 4 members (excludes halogenated alkanes) is 1. The molecule has 0 heterocycles. The van der Waals surface area contributed by atoms with E-state index in [1.165, 1.54) is 25.7 Å². The third kappa shape index (κ3) is 4.15. The molecule has 2 atom stereocenters. The van der Waals surface area contributed by atoms with E-state index in [1.807, 2.05) is 0 Å². The zero-order valence-electron chi connectivity index (χ0n) is 10.5. The predicted molar refractivity (Wildman–Crippen MR) is 61.9 cm³/mol. The molecule has 0 aromatic heterocycles. The zero-order chi connectivity index (χ0) is 10.5. The lowest BCUT2D eigenvalue weighted by atomic mass is 9.70. The van der Waals surface area contributed by atoms with Crippen molar-refractivity contribution in [3.8, 4) is 0 Å². The van der Waals surface area contributed by atoms with E-state index in [2.05, 4.69) is 41.5 Å². The first-order valence-electron chi connectivity index (χ1n) is 5.95. The maximum absolute atomic E-state index is 2.43. The molecule has 0 saturated carbocycles. The Morgan fingerprint density at radius 1 is 1.08 bits per heavy atom. The molecule has 0 nitrogen and oxygen atoms in total. The molecule has 0 spiro atoms. The Morgan fingerprint density at radius 2 is 1.62 bits per heavy atom. The van der Waals surface area contributed by atoms with Crippen molar-refractivity contribution in [1.82, 2.24) is 0 Å². The van der Waals surface area contributed by atoms with E-state index in [-0.39, 0.29) is 0 Å². The minimum absolute atomic E-state index is 0.533. The molecule has 0 heteroatoms. The van der Waals surface area contributed by atoms with Crippen LogP contribution in [0, 0.1) is 17.3 Å². The monoisotopic (exact) mass is 184 g/mol. The molecular formula is C13H28. The van der Waals surface area contributed by atoms with Crippen LogP contribution in [0.3, 0.4) is 0 Å². The minimum Gasteiger partial charge on any atom is -0.0654 e. The van der Waals surface area contributed by atoms with Crippen LogP contribution in [0.1, 0.15) is 67.2 Å². The van der Waals surface area contributed by atoms with Crippen molar-refractivity contribution in [2.24, 2.45) is 17.3 Å². The average Bonchev–Trinajstić information content (AvgIpc) is 2.12. The zero-order valence-corrected chi connectivity index (χ0v) is 10.5. The largest absolute Gasteiger partial charge is 0.0654 e. The summed E-state index contributed by atoms with van der Waals surface area (Å²) in [6, 6.07) is 0. The lowest BCUT2D eigenvalue weighted by Crippen LogP contribution is -2.26. The molecule has 13 heavy (non-hydrogen) atoms. The van der Waals surface area contributed by atoms with Crippen LogP contribution in [0.5, 0.6) is 0 Å². The van der Waals surface area contributed by atoms with Gasteiger partial charge in [0.1, 0.15) is 0 Å². The summed E-state index contributed by atoms with van der Waals surface area (Å²) in [6.45, 7) is 14.3. The van der Waals surface area contributed by atoms with Crippen molar-refractivity contribution in [2.75, 3.05) is 0 Å². The molecule has 0 fully saturated rings. The van der Waals surface area contributed by atoms with Gasteiger partial charge in [0, 0.05) is 0 Å². The van der Waals surface area contributed by atoms with Gasteiger partial charge in [-0.25, -0.2) is 0 Å². The summed E-state index contributed by atoms with van der Waals surface area (Å²) in [7, 11) is 0. The van der Waals surface area contributed by atoms with Gasteiger partial charge in [-0.2, -0.15) is 0 Å². The molecule has 0 amide bonds. The number of hydrogen-bond acceptors (Lipinski definition) is 0. The van der Waals surface area contributed by atoms with Crippen molar-refractivity contribution in [3.05, 3.63) is 0 Å². The smallest absolute Gasteiger partial charge is 0.0326 e. The first-order chi connectivity index (χ1) is 5.95. The van der Waals surface area contributed by atoms with Crippen molar-refractivity contribution in [3.63, 3.8) is 0 Å². The molecular weight excluding hydrogens is 156 g/mol. The fraction of sp³-hybridized carbons (Fsp3) is 1.00. The van der Waals surface area contributed by atoms with Gasteiger partial charge in [0.05, 0.1) is 0 Å². The van der Waals surface area contributed by atoms with E-state index in [9.17, 15) is 0 Å². The average molecular weight is 184 g/mol. The molecule has 0 aliphatic heterocycles. The fourth-order valence-corrected chi connectivity index (χ4v) is 1.98. The third-order valence-corrected chi connectivity index (χ3v) is 3.90. The van der Waals surface area contributed by atoms with Gasteiger partial charge in [-0.15, -0.1) is 0 Å². The van der Waals surface area contributed by atoms with E-state index < -0.39 is 0 Å². The van der Waals surface area contributed by atoms with Crippen molar-refractivity contribution in [2.45, 2.75) is 67.2 Å². The highest BCUT2D eigenvalue weighted by molar-refractivity contribution is 4.78. The minimum atomic E-state index is 0.533. The Hall–Kier alpha value is 0. The second kappa shape index (κ2) is 5.67. The van der Waals surface area contributed by atoms with Gasteiger partial charge in [0.15, 0.2) is 0 Å². The molecule has 0 saturated heterocycles. The molecule has 0 aliphatic carbocycles. The van der Waals surface area contributed by atoms with Crippen LogP contribution in [0.2, 0.25) is 0 Å². The van der Waals surface area contributed by atoms with Gasteiger partial charge in [-0.1, -0.05) is 60.8 Å². The second-order valence-electron chi connectivity index (χ2n) is 5.27. The van der Waals surface area contributed by atoms with Crippen LogP contribution in [0.25, 0.3) is 0 Å². The summed E-state index contributed by atoms with van der Waals surface area (Å²) >= 11 is 0. The van der Waals surface area contributed by atoms with Crippen LogP contribution in [0.4, 0.5) is 0 Å². The van der Waals surface area contributed by atoms with Gasteiger partial charge in [-0.3, -0.25) is 0 Å². The summed E-state index contributed by atoms with van der Waals surface area (Å²) in [6.07, 6.45) is 5.41. The highest BCUT2D eigenvalue weighted by Gasteiger charge is 2.28. The summed E-state index contributed by atoms with van der Waals surface area (Å²) in [5.74, 6) is 1.72. The fourth-order valence-electron chi connectivity index (χ4n) is 1.98. The second-order valence-corrected chi connectivity index (χ2v) is 5.27. The standard InChI is InChI=1S/C13H28/c1-7-9-10-13(5,6)12(4)11(3)8-2/h11-12H,7-10H2,1-6H3. The molecule has 80 valence electrons. The predicted octanol–water partition coefficient (Wildman–Crippen LogP) is 4.89. The van der Waals surface area contributed by atoms with Crippen molar-refractivity contribution < 1.29 is 0 Å². The van der Waals surface area contributed by atoms with E-state index in [0.717, 1.165) is 11.8 Å². The summed E-state index contributed by atoms with van der Waals surface area (Å²) < 4.78 is 0. The first-order valence-corrected chi connectivity index (χ1v) is 5.95. The maximum Gasteiger partial charge on any atom is -0.0326 e. The third-order valence-electron chi connectivity index (χ3n) is 3.90. The van der Waals surface area contributed by atoms with Crippen LogP contribution in [0.15, 0.2) is 0 Å². The van der Waals surface area contributed by atoms with E-state index >= 15 is 0 Å². The Kier molecular flexibility index (Phi) is 5.67. The molecule has 0 bridgehead atoms. The molecule has 0 aliphatic rings. The summed E-state index contributed by atoms with van der Waals surface area (Å²) in [4.78, 5) is 0. The molecule has 0 rings (SSSR count). The van der Waals surface area contributed by atoms with Crippen LogP contribution in [-0.4, -0.2) is 0 Å². The Labute approximate surface area is 85.1 Å². The highest BCUT2D eigenvalue weighted by Crippen LogP contribution is 2.37. The SMILES string of the molecule is CCCCC(C)(C)C(C)C(C)CC.